The molecule has 4 nitrogen and oxygen atoms in total. The number of hydrogen-bond acceptors (Lipinski definition) is 5. The Labute approximate surface area is 153 Å². The fourth-order valence-electron chi connectivity index (χ4n) is 3.18. The molecule has 0 unspecified atom stereocenters. The molecule has 0 aliphatic carbocycles. The Balaban J connectivity index is 2.22. The van der Waals surface area contributed by atoms with Gasteiger partial charge in [0.25, 0.3) is 0 Å². The van der Waals surface area contributed by atoms with Gasteiger partial charge >= 0.3 is 0 Å². The maximum Gasteiger partial charge on any atom is 0.141 e. The zero-order valence-electron chi connectivity index (χ0n) is 15.6. The third kappa shape index (κ3) is 3.33. The van der Waals surface area contributed by atoms with Crippen LogP contribution in [0.1, 0.15) is 31.5 Å². The first kappa shape index (κ1) is 17.7. The van der Waals surface area contributed by atoms with Gasteiger partial charge in [-0.2, -0.15) is 0 Å². The zero-order chi connectivity index (χ0) is 18.0. The minimum Gasteiger partial charge on any atom is -0.494 e. The monoisotopic (exact) mass is 355 g/mol. The van der Waals surface area contributed by atoms with Crippen molar-refractivity contribution in [3.8, 4) is 16.9 Å². The molecule has 1 aromatic carbocycles. The molecule has 2 heterocycles. The van der Waals surface area contributed by atoms with Crippen molar-refractivity contribution in [3.63, 3.8) is 0 Å². The van der Waals surface area contributed by atoms with Crippen molar-refractivity contribution in [2.75, 3.05) is 24.6 Å². The summed E-state index contributed by atoms with van der Waals surface area (Å²) in [5.74, 6) is 2.77. The van der Waals surface area contributed by atoms with Crippen molar-refractivity contribution in [1.29, 1.82) is 0 Å². The number of aryl methyl sites for hydroxylation is 2. The molecule has 3 aromatic rings. The number of hydrogen-bond donors (Lipinski definition) is 0. The van der Waals surface area contributed by atoms with Crippen molar-refractivity contribution in [2.24, 2.45) is 0 Å². The van der Waals surface area contributed by atoms with Crippen LogP contribution in [-0.4, -0.2) is 29.7 Å². The van der Waals surface area contributed by atoms with E-state index in [1.165, 1.54) is 21.4 Å². The van der Waals surface area contributed by atoms with Crippen molar-refractivity contribution < 1.29 is 4.74 Å². The molecule has 0 aliphatic rings. The van der Waals surface area contributed by atoms with Gasteiger partial charge in [-0.25, -0.2) is 9.97 Å². The zero-order valence-corrected chi connectivity index (χ0v) is 16.4. The van der Waals surface area contributed by atoms with E-state index in [0.29, 0.717) is 6.61 Å². The van der Waals surface area contributed by atoms with E-state index in [-0.39, 0.29) is 0 Å². The van der Waals surface area contributed by atoms with Crippen LogP contribution in [-0.2, 0) is 0 Å². The van der Waals surface area contributed by atoms with Crippen LogP contribution in [0.2, 0.25) is 0 Å². The predicted octanol–water partition coefficient (Wildman–Crippen LogP) is 5.22. The number of thiophene rings is 1. The number of nitrogens with zero attached hydrogens (tertiary/aromatic N) is 3. The van der Waals surface area contributed by atoms with Crippen LogP contribution in [0.4, 0.5) is 5.82 Å². The van der Waals surface area contributed by atoms with Crippen LogP contribution in [0.5, 0.6) is 5.75 Å². The molecule has 0 bridgehead atoms. The van der Waals surface area contributed by atoms with Crippen molar-refractivity contribution in [1.82, 2.24) is 9.97 Å². The summed E-state index contributed by atoms with van der Waals surface area (Å²) in [6, 6.07) is 8.33. The Morgan fingerprint density at radius 1 is 1.00 bits per heavy atom. The molecule has 0 saturated carbocycles. The van der Waals surface area contributed by atoms with E-state index >= 15 is 0 Å². The minimum atomic E-state index is 0.680. The lowest BCUT2D eigenvalue weighted by atomic mass is 10.0. The molecule has 2 aromatic heterocycles. The number of ether oxygens (including phenoxy) is 1. The van der Waals surface area contributed by atoms with E-state index in [2.05, 4.69) is 37.8 Å². The topological polar surface area (TPSA) is 38.3 Å². The Hall–Kier alpha value is -2.14. The SMILES string of the molecule is CCOc1ccc(-c2c(C)sc3nc(C)nc(N(CC)CC)c23)cc1. The molecule has 25 heavy (non-hydrogen) atoms. The molecular weight excluding hydrogens is 330 g/mol. The highest BCUT2D eigenvalue weighted by atomic mass is 32.1. The minimum absolute atomic E-state index is 0.680. The first-order chi connectivity index (χ1) is 12.1. The summed E-state index contributed by atoms with van der Waals surface area (Å²) in [6.45, 7) is 13.0. The van der Waals surface area contributed by atoms with Gasteiger partial charge in [0, 0.05) is 23.5 Å². The van der Waals surface area contributed by atoms with Crippen molar-refractivity contribution in [3.05, 3.63) is 35.0 Å². The van der Waals surface area contributed by atoms with Gasteiger partial charge in [0.05, 0.1) is 12.0 Å². The van der Waals surface area contributed by atoms with E-state index in [9.17, 15) is 0 Å². The number of benzene rings is 1. The molecule has 0 atom stereocenters. The number of fused-ring (bicyclic) bond motifs is 1. The summed E-state index contributed by atoms with van der Waals surface area (Å²) < 4.78 is 5.58. The van der Waals surface area contributed by atoms with E-state index in [1.807, 2.05) is 26.0 Å². The van der Waals surface area contributed by atoms with Crippen LogP contribution < -0.4 is 9.64 Å². The molecule has 0 amide bonds. The second-order valence-corrected chi connectivity index (χ2v) is 7.14. The molecule has 0 aliphatic heterocycles. The van der Waals surface area contributed by atoms with Crippen LogP contribution in [0.3, 0.4) is 0 Å². The maximum absolute atomic E-state index is 5.58. The Morgan fingerprint density at radius 3 is 2.28 bits per heavy atom. The number of rotatable bonds is 6. The highest BCUT2D eigenvalue weighted by molar-refractivity contribution is 7.19. The van der Waals surface area contributed by atoms with E-state index in [0.717, 1.165) is 35.3 Å². The van der Waals surface area contributed by atoms with E-state index < -0.39 is 0 Å². The lowest BCUT2D eigenvalue weighted by Gasteiger charge is -2.21. The summed E-state index contributed by atoms with van der Waals surface area (Å²) in [6.07, 6.45) is 0. The molecule has 0 fully saturated rings. The molecular formula is C20H25N3OS. The molecule has 3 rings (SSSR count). The van der Waals surface area contributed by atoms with Gasteiger partial charge in [0.2, 0.25) is 0 Å². The predicted molar refractivity (Wildman–Crippen MR) is 107 cm³/mol. The summed E-state index contributed by atoms with van der Waals surface area (Å²) in [4.78, 5) is 14.1. The number of aromatic nitrogens is 2. The van der Waals surface area contributed by atoms with Gasteiger partial charge < -0.3 is 9.64 Å². The van der Waals surface area contributed by atoms with Gasteiger partial charge in [-0.05, 0) is 52.3 Å². The highest BCUT2D eigenvalue weighted by Crippen LogP contribution is 2.42. The van der Waals surface area contributed by atoms with Crippen molar-refractivity contribution in [2.45, 2.75) is 34.6 Å². The highest BCUT2D eigenvalue weighted by Gasteiger charge is 2.20. The second-order valence-electron chi connectivity index (χ2n) is 5.94. The van der Waals surface area contributed by atoms with Gasteiger partial charge in [0.15, 0.2) is 0 Å². The Bertz CT molecular complexity index is 867. The molecule has 0 spiro atoms. The average Bonchev–Trinajstić information content (AvgIpc) is 2.92. The third-order valence-corrected chi connectivity index (χ3v) is 5.34. The summed E-state index contributed by atoms with van der Waals surface area (Å²) in [5.41, 5.74) is 2.43. The maximum atomic E-state index is 5.58. The fraction of sp³-hybridized carbons (Fsp3) is 0.400. The van der Waals surface area contributed by atoms with Crippen LogP contribution in [0, 0.1) is 13.8 Å². The molecule has 0 N–H and O–H groups in total. The summed E-state index contributed by atoms with van der Waals surface area (Å²) in [7, 11) is 0. The Kier molecular flexibility index (Phi) is 5.23. The quantitative estimate of drug-likeness (QED) is 0.607. The third-order valence-electron chi connectivity index (χ3n) is 4.34. The first-order valence-electron chi connectivity index (χ1n) is 8.84. The number of anilines is 1. The molecule has 132 valence electrons. The largest absolute Gasteiger partial charge is 0.494 e. The van der Waals surface area contributed by atoms with Crippen LogP contribution in [0.15, 0.2) is 24.3 Å². The normalized spacial score (nSPS) is 11.1. The second kappa shape index (κ2) is 7.40. The molecule has 0 saturated heterocycles. The van der Waals surface area contributed by atoms with Gasteiger partial charge in [-0.3, -0.25) is 0 Å². The van der Waals surface area contributed by atoms with Crippen LogP contribution >= 0.6 is 11.3 Å². The lowest BCUT2D eigenvalue weighted by Crippen LogP contribution is -2.23. The van der Waals surface area contributed by atoms with Gasteiger partial charge in [-0.15, -0.1) is 11.3 Å². The van der Waals surface area contributed by atoms with Crippen LogP contribution in [0.25, 0.3) is 21.3 Å². The van der Waals surface area contributed by atoms with E-state index in [4.69, 9.17) is 14.7 Å². The molecule has 5 heteroatoms. The fourth-order valence-corrected chi connectivity index (χ4v) is 4.27. The Morgan fingerprint density at radius 2 is 1.68 bits per heavy atom. The van der Waals surface area contributed by atoms with Gasteiger partial charge in [0.1, 0.15) is 22.2 Å². The average molecular weight is 356 g/mol. The van der Waals surface area contributed by atoms with Crippen molar-refractivity contribution >= 4 is 27.4 Å². The van der Waals surface area contributed by atoms with Gasteiger partial charge in [-0.1, -0.05) is 12.1 Å². The standard InChI is InChI=1S/C20H25N3OS/c1-6-23(7-2)19-18-17(13(4)25-20(18)22-14(5)21-19)15-9-11-16(12-10-15)24-8-3/h9-12H,6-8H2,1-5H3. The lowest BCUT2D eigenvalue weighted by molar-refractivity contribution is 0.340. The van der Waals surface area contributed by atoms with E-state index in [1.54, 1.807) is 11.3 Å². The smallest absolute Gasteiger partial charge is 0.141 e. The molecule has 0 radical (unpaired) electrons. The first-order valence-corrected chi connectivity index (χ1v) is 9.66. The summed E-state index contributed by atoms with van der Waals surface area (Å²) in [5, 5.41) is 1.17. The summed E-state index contributed by atoms with van der Waals surface area (Å²) >= 11 is 1.75.